The molecule has 3 rings (SSSR count). The SMILES string of the molecule is C[C@H](C(=O)Nc1ccc(S(=O)(=O)N2CCCC2)cc1)N1CCO[C@@H](C)C1. The predicted molar refractivity (Wildman–Crippen MR) is 99.5 cm³/mol. The quantitative estimate of drug-likeness (QED) is 0.837. The van der Waals surface area contributed by atoms with Crippen LogP contribution in [0, 0.1) is 0 Å². The topological polar surface area (TPSA) is 79.0 Å². The van der Waals surface area contributed by atoms with E-state index in [4.69, 9.17) is 4.74 Å². The second-order valence-electron chi connectivity index (χ2n) is 6.98. The molecule has 144 valence electrons. The summed E-state index contributed by atoms with van der Waals surface area (Å²) in [6.07, 6.45) is 1.94. The molecule has 0 saturated carbocycles. The Hall–Kier alpha value is -1.48. The van der Waals surface area contributed by atoms with Gasteiger partial charge in [-0.15, -0.1) is 0 Å². The monoisotopic (exact) mass is 381 g/mol. The van der Waals surface area contributed by atoms with Crippen LogP contribution in [0.25, 0.3) is 0 Å². The van der Waals surface area contributed by atoms with Crippen LogP contribution in [0.1, 0.15) is 26.7 Å². The van der Waals surface area contributed by atoms with Gasteiger partial charge in [-0.3, -0.25) is 9.69 Å². The molecule has 8 heteroatoms. The third-order valence-corrected chi connectivity index (χ3v) is 6.94. The molecule has 2 aliphatic rings. The van der Waals surface area contributed by atoms with E-state index in [1.54, 1.807) is 24.3 Å². The van der Waals surface area contributed by atoms with Crippen LogP contribution in [0.3, 0.4) is 0 Å². The molecular formula is C18H27N3O4S. The summed E-state index contributed by atoms with van der Waals surface area (Å²) in [5.74, 6) is -0.103. The summed E-state index contributed by atoms with van der Waals surface area (Å²) < 4.78 is 32.1. The van der Waals surface area contributed by atoms with Crippen molar-refractivity contribution in [2.24, 2.45) is 0 Å². The first kappa shape index (κ1) is 19.3. The van der Waals surface area contributed by atoms with Gasteiger partial charge in [0, 0.05) is 31.9 Å². The van der Waals surface area contributed by atoms with Gasteiger partial charge in [0.25, 0.3) is 0 Å². The van der Waals surface area contributed by atoms with E-state index >= 15 is 0 Å². The minimum atomic E-state index is -3.43. The molecule has 1 aromatic carbocycles. The second kappa shape index (κ2) is 8.04. The van der Waals surface area contributed by atoms with Gasteiger partial charge < -0.3 is 10.1 Å². The summed E-state index contributed by atoms with van der Waals surface area (Å²) in [7, 11) is -3.43. The standard InChI is InChI=1S/C18H27N3O4S/c1-14-13-20(11-12-25-14)15(2)18(22)19-16-5-7-17(8-6-16)26(23,24)21-9-3-4-10-21/h5-8,14-15H,3-4,9-13H2,1-2H3,(H,19,22)/t14-,15+/m0/s1. The third-order valence-electron chi connectivity index (χ3n) is 5.02. The first-order valence-corrected chi connectivity index (χ1v) is 10.6. The van der Waals surface area contributed by atoms with E-state index in [0.29, 0.717) is 25.4 Å². The van der Waals surface area contributed by atoms with Crippen molar-refractivity contribution in [1.29, 1.82) is 0 Å². The Morgan fingerprint density at radius 1 is 1.19 bits per heavy atom. The van der Waals surface area contributed by atoms with Crippen molar-refractivity contribution in [3.05, 3.63) is 24.3 Å². The number of benzene rings is 1. The van der Waals surface area contributed by atoms with E-state index < -0.39 is 10.0 Å². The Morgan fingerprint density at radius 3 is 2.46 bits per heavy atom. The van der Waals surface area contributed by atoms with Crippen molar-refractivity contribution >= 4 is 21.6 Å². The number of ether oxygens (including phenoxy) is 1. The van der Waals surface area contributed by atoms with Crippen molar-refractivity contribution in [2.75, 3.05) is 38.1 Å². The van der Waals surface area contributed by atoms with Gasteiger partial charge in [-0.25, -0.2) is 8.42 Å². The van der Waals surface area contributed by atoms with Crippen molar-refractivity contribution < 1.29 is 17.9 Å². The molecule has 1 amide bonds. The number of amides is 1. The number of carbonyl (C=O) groups excluding carboxylic acids is 1. The zero-order valence-electron chi connectivity index (χ0n) is 15.3. The second-order valence-corrected chi connectivity index (χ2v) is 8.92. The van der Waals surface area contributed by atoms with E-state index in [9.17, 15) is 13.2 Å². The van der Waals surface area contributed by atoms with E-state index in [1.165, 1.54) is 4.31 Å². The molecule has 0 aromatic heterocycles. The van der Waals surface area contributed by atoms with Gasteiger partial charge in [0.15, 0.2) is 0 Å². The zero-order valence-corrected chi connectivity index (χ0v) is 16.2. The van der Waals surface area contributed by atoms with Crippen LogP contribution in [0.15, 0.2) is 29.2 Å². The van der Waals surface area contributed by atoms with Gasteiger partial charge in [-0.05, 0) is 51.0 Å². The van der Waals surface area contributed by atoms with E-state index in [1.807, 2.05) is 13.8 Å². The van der Waals surface area contributed by atoms with E-state index in [2.05, 4.69) is 10.2 Å². The molecule has 2 aliphatic heterocycles. The number of rotatable bonds is 5. The Kier molecular flexibility index (Phi) is 5.96. The summed E-state index contributed by atoms with van der Waals surface area (Å²) in [6.45, 7) is 7.11. The number of hydrogen-bond acceptors (Lipinski definition) is 5. The number of hydrogen-bond donors (Lipinski definition) is 1. The van der Waals surface area contributed by atoms with Gasteiger partial charge in [-0.2, -0.15) is 4.31 Å². The van der Waals surface area contributed by atoms with E-state index in [0.717, 1.165) is 25.9 Å². The summed E-state index contributed by atoms with van der Waals surface area (Å²) in [5.41, 5.74) is 0.600. The first-order valence-electron chi connectivity index (χ1n) is 9.14. The number of carbonyl (C=O) groups is 1. The maximum Gasteiger partial charge on any atom is 0.243 e. The van der Waals surface area contributed by atoms with Crippen molar-refractivity contribution in [2.45, 2.75) is 43.7 Å². The number of sulfonamides is 1. The molecule has 0 spiro atoms. The lowest BCUT2D eigenvalue weighted by Crippen LogP contribution is -2.50. The van der Waals surface area contributed by atoms with Crippen molar-refractivity contribution in [3.63, 3.8) is 0 Å². The van der Waals surface area contributed by atoms with Crippen LogP contribution in [0.4, 0.5) is 5.69 Å². The molecule has 26 heavy (non-hydrogen) atoms. The number of nitrogens with one attached hydrogen (secondary N) is 1. The van der Waals surface area contributed by atoms with Crippen LogP contribution in [-0.2, 0) is 19.6 Å². The Balaban J connectivity index is 1.62. The molecule has 1 N–H and O–H groups in total. The molecule has 7 nitrogen and oxygen atoms in total. The lowest BCUT2D eigenvalue weighted by atomic mass is 10.2. The minimum absolute atomic E-state index is 0.103. The lowest BCUT2D eigenvalue weighted by molar-refractivity contribution is -0.123. The Bertz CT molecular complexity index is 729. The van der Waals surface area contributed by atoms with E-state index in [-0.39, 0.29) is 22.9 Å². The molecule has 2 heterocycles. The highest BCUT2D eigenvalue weighted by atomic mass is 32.2. The number of anilines is 1. The first-order chi connectivity index (χ1) is 12.4. The highest BCUT2D eigenvalue weighted by Crippen LogP contribution is 2.22. The molecular weight excluding hydrogens is 354 g/mol. The molecule has 0 bridgehead atoms. The number of nitrogens with zero attached hydrogens (tertiary/aromatic N) is 2. The van der Waals surface area contributed by atoms with Gasteiger partial charge in [0.2, 0.25) is 15.9 Å². The van der Waals surface area contributed by atoms with Gasteiger partial charge in [-0.1, -0.05) is 0 Å². The summed E-state index contributed by atoms with van der Waals surface area (Å²) in [5, 5.41) is 2.87. The predicted octanol–water partition coefficient (Wildman–Crippen LogP) is 1.52. The fourth-order valence-electron chi connectivity index (χ4n) is 3.40. The van der Waals surface area contributed by atoms with Crippen molar-refractivity contribution in [1.82, 2.24) is 9.21 Å². The van der Waals surface area contributed by atoms with Gasteiger partial charge in [0.05, 0.1) is 23.6 Å². The van der Waals surface area contributed by atoms with Crippen molar-refractivity contribution in [3.8, 4) is 0 Å². The zero-order chi connectivity index (χ0) is 18.7. The maximum atomic E-state index is 12.5. The molecule has 2 fully saturated rings. The van der Waals surface area contributed by atoms with Crippen LogP contribution in [0.2, 0.25) is 0 Å². The van der Waals surface area contributed by atoms with Crippen LogP contribution < -0.4 is 5.32 Å². The highest BCUT2D eigenvalue weighted by Gasteiger charge is 2.28. The molecule has 0 unspecified atom stereocenters. The molecule has 2 atom stereocenters. The smallest absolute Gasteiger partial charge is 0.243 e. The summed E-state index contributed by atoms with van der Waals surface area (Å²) in [6, 6.07) is 6.15. The van der Waals surface area contributed by atoms with Crippen LogP contribution in [0.5, 0.6) is 0 Å². The molecule has 1 aromatic rings. The summed E-state index contributed by atoms with van der Waals surface area (Å²) >= 11 is 0. The normalized spacial score (nSPS) is 23.7. The fraction of sp³-hybridized carbons (Fsp3) is 0.611. The third kappa shape index (κ3) is 4.25. The van der Waals surface area contributed by atoms with Gasteiger partial charge >= 0.3 is 0 Å². The molecule has 2 saturated heterocycles. The molecule has 0 aliphatic carbocycles. The van der Waals surface area contributed by atoms with Gasteiger partial charge in [0.1, 0.15) is 0 Å². The lowest BCUT2D eigenvalue weighted by Gasteiger charge is -2.34. The average Bonchev–Trinajstić information content (AvgIpc) is 3.17. The fourth-order valence-corrected chi connectivity index (χ4v) is 4.91. The van der Waals surface area contributed by atoms with Crippen LogP contribution in [-0.4, -0.2) is 68.5 Å². The minimum Gasteiger partial charge on any atom is -0.376 e. The Labute approximate surface area is 155 Å². The number of morpholine rings is 1. The average molecular weight is 381 g/mol. The Morgan fingerprint density at radius 2 is 1.85 bits per heavy atom. The largest absolute Gasteiger partial charge is 0.376 e. The summed E-state index contributed by atoms with van der Waals surface area (Å²) in [4.78, 5) is 14.9. The van der Waals surface area contributed by atoms with Crippen LogP contribution >= 0.6 is 0 Å². The maximum absolute atomic E-state index is 12.5. The highest BCUT2D eigenvalue weighted by molar-refractivity contribution is 7.89. The molecule has 0 radical (unpaired) electrons.